The number of aliphatic imine (C=N–C) groups is 1. The molecule has 27 heavy (non-hydrogen) atoms. The van der Waals surface area contributed by atoms with Gasteiger partial charge in [-0.05, 0) is 33.1 Å². The van der Waals surface area contributed by atoms with Crippen molar-refractivity contribution in [1.29, 1.82) is 0 Å². The van der Waals surface area contributed by atoms with Gasteiger partial charge >= 0.3 is 0 Å². The minimum Gasteiger partial charge on any atom is -0.355 e. The van der Waals surface area contributed by atoms with Gasteiger partial charge in [-0.15, -0.1) is 24.0 Å². The number of nitrogens with one attached hydrogen (secondary N) is 3. The molecular weight excluding hydrogens is 481 g/mol. The third-order valence-electron chi connectivity index (χ3n) is 4.93. The van der Waals surface area contributed by atoms with E-state index in [4.69, 9.17) is 0 Å². The van der Waals surface area contributed by atoms with Gasteiger partial charge in [0, 0.05) is 44.2 Å². The Morgan fingerprint density at radius 3 is 2.41 bits per heavy atom. The summed E-state index contributed by atoms with van der Waals surface area (Å²) in [4.78, 5) is 18.7. The van der Waals surface area contributed by atoms with Crippen LogP contribution in [0, 0.1) is 5.92 Å². The molecule has 10 heteroatoms. The van der Waals surface area contributed by atoms with Crippen LogP contribution in [0.3, 0.4) is 0 Å². The topological polar surface area (TPSA) is 103 Å². The third kappa shape index (κ3) is 8.10. The minimum atomic E-state index is -3.28. The molecule has 1 unspecified atom stereocenters. The van der Waals surface area contributed by atoms with E-state index in [9.17, 15) is 13.2 Å². The van der Waals surface area contributed by atoms with Gasteiger partial charge in [0.15, 0.2) is 5.96 Å². The molecule has 0 aromatic rings. The highest BCUT2D eigenvalue weighted by molar-refractivity contribution is 14.0. The van der Waals surface area contributed by atoms with E-state index in [1.54, 1.807) is 7.05 Å². The number of carbonyl (C=O) groups excluding carboxylic acids is 1. The summed E-state index contributed by atoms with van der Waals surface area (Å²) >= 11 is 0. The molecule has 0 aromatic carbocycles. The molecule has 1 saturated heterocycles. The molecule has 0 aromatic heterocycles. The van der Waals surface area contributed by atoms with Gasteiger partial charge in [0.25, 0.3) is 0 Å². The minimum absolute atomic E-state index is 0. The zero-order valence-electron chi connectivity index (χ0n) is 16.7. The molecule has 1 saturated carbocycles. The maximum Gasteiger partial charge on any atom is 0.225 e. The van der Waals surface area contributed by atoms with Crippen LogP contribution in [-0.4, -0.2) is 69.7 Å². The number of likely N-dealkylation sites (tertiary alicyclic amines) is 1. The number of sulfonamides is 1. The van der Waals surface area contributed by atoms with E-state index in [2.05, 4.69) is 20.3 Å². The van der Waals surface area contributed by atoms with E-state index in [1.165, 1.54) is 12.8 Å². The number of hydrogen-bond acceptors (Lipinski definition) is 4. The first kappa shape index (κ1) is 24.4. The largest absolute Gasteiger partial charge is 0.355 e. The normalized spacial score (nSPS) is 21.9. The van der Waals surface area contributed by atoms with E-state index in [-0.39, 0.29) is 35.9 Å². The van der Waals surface area contributed by atoms with Crippen LogP contribution in [0.2, 0.25) is 0 Å². The van der Waals surface area contributed by atoms with Gasteiger partial charge in [-0.2, -0.15) is 0 Å². The van der Waals surface area contributed by atoms with E-state index >= 15 is 0 Å². The number of halogens is 1. The predicted molar refractivity (Wildman–Crippen MR) is 119 cm³/mol. The standard InChI is InChI=1S/C17H33N5O3S.HI/c1-17(2,21-26(4,24)25)12-19-16(18-3)20-14-9-10-22(11-14)15(23)13-7-5-6-8-13;/h13-14,21H,5-12H2,1-4H3,(H2,18,19,20);1H. The van der Waals surface area contributed by atoms with Gasteiger partial charge in [0.2, 0.25) is 15.9 Å². The second-order valence-corrected chi connectivity index (χ2v) is 9.83. The molecule has 8 nitrogen and oxygen atoms in total. The molecule has 1 aliphatic carbocycles. The van der Waals surface area contributed by atoms with Crippen LogP contribution in [0.15, 0.2) is 4.99 Å². The Morgan fingerprint density at radius 2 is 1.85 bits per heavy atom. The van der Waals surface area contributed by atoms with Gasteiger partial charge in [0.1, 0.15) is 0 Å². The SMILES string of the molecule is CN=C(NCC(C)(C)NS(C)(=O)=O)NC1CCN(C(=O)C2CCCC2)C1.I. The smallest absolute Gasteiger partial charge is 0.225 e. The summed E-state index contributed by atoms with van der Waals surface area (Å²) in [7, 11) is -1.60. The fourth-order valence-corrected chi connectivity index (χ4v) is 4.82. The molecule has 1 atom stereocenters. The molecule has 1 amide bonds. The van der Waals surface area contributed by atoms with Crippen molar-refractivity contribution in [3.8, 4) is 0 Å². The first-order valence-electron chi connectivity index (χ1n) is 9.34. The summed E-state index contributed by atoms with van der Waals surface area (Å²) in [6, 6.07) is 0.164. The predicted octanol–water partition coefficient (Wildman–Crippen LogP) is 0.888. The number of rotatable bonds is 6. The van der Waals surface area contributed by atoms with Crippen molar-refractivity contribution in [3.05, 3.63) is 0 Å². The fraction of sp³-hybridized carbons (Fsp3) is 0.882. The van der Waals surface area contributed by atoms with Gasteiger partial charge < -0.3 is 15.5 Å². The highest BCUT2D eigenvalue weighted by Crippen LogP contribution is 2.27. The molecule has 2 fully saturated rings. The van der Waals surface area contributed by atoms with Crippen molar-refractivity contribution in [2.24, 2.45) is 10.9 Å². The summed E-state index contributed by atoms with van der Waals surface area (Å²) in [5.74, 6) is 1.14. The lowest BCUT2D eigenvalue weighted by Crippen LogP contribution is -2.54. The first-order valence-corrected chi connectivity index (χ1v) is 11.2. The maximum atomic E-state index is 12.5. The average molecular weight is 515 g/mol. The van der Waals surface area contributed by atoms with Crippen molar-refractivity contribution < 1.29 is 13.2 Å². The zero-order valence-corrected chi connectivity index (χ0v) is 19.9. The van der Waals surface area contributed by atoms with Crippen LogP contribution in [0.25, 0.3) is 0 Å². The molecule has 0 radical (unpaired) electrons. The van der Waals surface area contributed by atoms with Gasteiger partial charge in [-0.3, -0.25) is 9.79 Å². The molecule has 1 heterocycles. The van der Waals surface area contributed by atoms with Crippen molar-refractivity contribution in [2.75, 3.05) is 32.9 Å². The second-order valence-electron chi connectivity index (χ2n) is 8.08. The summed E-state index contributed by atoms with van der Waals surface area (Å²) in [6.45, 7) is 5.50. The molecule has 3 N–H and O–H groups in total. The van der Waals surface area contributed by atoms with Crippen LogP contribution in [-0.2, 0) is 14.8 Å². The van der Waals surface area contributed by atoms with E-state index in [0.29, 0.717) is 25.0 Å². The molecule has 1 aliphatic heterocycles. The third-order valence-corrected chi connectivity index (χ3v) is 5.85. The summed E-state index contributed by atoms with van der Waals surface area (Å²) in [5, 5.41) is 6.51. The van der Waals surface area contributed by atoms with Gasteiger partial charge in [-0.1, -0.05) is 12.8 Å². The van der Waals surface area contributed by atoms with E-state index < -0.39 is 15.6 Å². The van der Waals surface area contributed by atoms with Crippen molar-refractivity contribution in [2.45, 2.75) is 57.5 Å². The number of hydrogen-bond donors (Lipinski definition) is 3. The monoisotopic (exact) mass is 515 g/mol. The lowest BCUT2D eigenvalue weighted by molar-refractivity contribution is -0.134. The number of carbonyl (C=O) groups is 1. The number of nitrogens with zero attached hydrogens (tertiary/aromatic N) is 2. The lowest BCUT2D eigenvalue weighted by atomic mass is 10.1. The lowest BCUT2D eigenvalue weighted by Gasteiger charge is -2.27. The Hall–Kier alpha value is -0.620. The average Bonchev–Trinajstić information content (AvgIpc) is 3.20. The zero-order chi connectivity index (χ0) is 19.4. The first-order chi connectivity index (χ1) is 12.1. The van der Waals surface area contributed by atoms with Crippen molar-refractivity contribution in [3.63, 3.8) is 0 Å². The summed E-state index contributed by atoms with van der Waals surface area (Å²) < 4.78 is 25.4. The van der Waals surface area contributed by atoms with Crippen LogP contribution >= 0.6 is 24.0 Å². The molecule has 2 aliphatic rings. The Bertz CT molecular complexity index is 632. The summed E-state index contributed by atoms with van der Waals surface area (Å²) in [5.41, 5.74) is -0.634. The van der Waals surface area contributed by atoms with Gasteiger partial charge in [-0.25, -0.2) is 13.1 Å². The quantitative estimate of drug-likeness (QED) is 0.277. The highest BCUT2D eigenvalue weighted by Gasteiger charge is 2.32. The van der Waals surface area contributed by atoms with Gasteiger partial charge in [0.05, 0.1) is 6.26 Å². The number of amides is 1. The van der Waals surface area contributed by atoms with Crippen LogP contribution in [0.1, 0.15) is 46.0 Å². The van der Waals surface area contributed by atoms with Crippen molar-refractivity contribution >= 4 is 45.9 Å². The van der Waals surface area contributed by atoms with E-state index in [1.807, 2.05) is 18.7 Å². The molecular formula is C17H34IN5O3S. The molecule has 0 spiro atoms. The molecule has 2 rings (SSSR count). The van der Waals surface area contributed by atoms with E-state index in [0.717, 1.165) is 32.1 Å². The van der Waals surface area contributed by atoms with Crippen LogP contribution < -0.4 is 15.4 Å². The fourth-order valence-electron chi connectivity index (χ4n) is 3.74. The molecule has 0 bridgehead atoms. The Morgan fingerprint density at radius 1 is 1.22 bits per heavy atom. The van der Waals surface area contributed by atoms with Crippen LogP contribution in [0.5, 0.6) is 0 Å². The van der Waals surface area contributed by atoms with Crippen LogP contribution in [0.4, 0.5) is 0 Å². The number of guanidine groups is 1. The van der Waals surface area contributed by atoms with Crippen molar-refractivity contribution in [1.82, 2.24) is 20.3 Å². The summed E-state index contributed by atoms with van der Waals surface area (Å²) in [6.07, 6.45) is 6.43. The Labute approximate surface area is 180 Å². The maximum absolute atomic E-state index is 12.5. The second kappa shape index (κ2) is 10.2. The molecule has 158 valence electrons. The Balaban J connectivity index is 0.00000364. The Kier molecular flexibility index (Phi) is 9.26. The highest BCUT2D eigenvalue weighted by atomic mass is 127.